The number of para-hydroxylation sites is 1. The summed E-state index contributed by atoms with van der Waals surface area (Å²) in [5.41, 5.74) is 3.30. The van der Waals surface area contributed by atoms with Crippen LogP contribution in [0.1, 0.15) is 42.5 Å². The van der Waals surface area contributed by atoms with Crippen LogP contribution in [-0.4, -0.2) is 21.9 Å². The van der Waals surface area contributed by atoms with Gasteiger partial charge in [-0.2, -0.15) is 0 Å². The number of hydrogen-bond donors (Lipinski definition) is 1. The minimum atomic E-state index is 0.000746. The second-order valence-electron chi connectivity index (χ2n) is 6.62. The number of hydrogen-bond acceptors (Lipinski definition) is 3. The molecule has 1 amide bonds. The first-order valence-electron chi connectivity index (χ1n) is 8.92. The molecule has 0 spiro atoms. The average Bonchev–Trinajstić information content (AvgIpc) is 2.68. The number of pyridine rings is 2. The number of nitrogens with one attached hydrogen (secondary N) is 1. The van der Waals surface area contributed by atoms with Crippen LogP contribution in [0, 0.1) is 0 Å². The molecule has 25 heavy (non-hydrogen) atoms. The highest BCUT2D eigenvalue weighted by Gasteiger charge is 2.19. The van der Waals surface area contributed by atoms with Crippen molar-refractivity contribution < 1.29 is 4.79 Å². The van der Waals surface area contributed by atoms with Gasteiger partial charge in [0.05, 0.1) is 16.8 Å². The molecule has 0 aliphatic heterocycles. The van der Waals surface area contributed by atoms with Gasteiger partial charge in [0.25, 0.3) is 5.91 Å². The molecule has 4 heteroatoms. The highest BCUT2D eigenvalue weighted by molar-refractivity contribution is 6.07. The zero-order valence-electron chi connectivity index (χ0n) is 14.1. The summed E-state index contributed by atoms with van der Waals surface area (Å²) in [7, 11) is 0. The molecule has 0 unspecified atom stereocenters. The Hall–Kier alpha value is -2.75. The van der Waals surface area contributed by atoms with Crippen molar-refractivity contribution in [3.8, 4) is 11.3 Å². The van der Waals surface area contributed by atoms with E-state index in [2.05, 4.69) is 10.3 Å². The highest BCUT2D eigenvalue weighted by atomic mass is 16.1. The fourth-order valence-electron chi connectivity index (χ4n) is 3.54. The maximum absolute atomic E-state index is 13.0. The van der Waals surface area contributed by atoms with Crippen LogP contribution in [-0.2, 0) is 0 Å². The van der Waals surface area contributed by atoms with Crippen molar-refractivity contribution in [2.24, 2.45) is 0 Å². The van der Waals surface area contributed by atoms with Crippen LogP contribution in [0.5, 0.6) is 0 Å². The van der Waals surface area contributed by atoms with Crippen molar-refractivity contribution >= 4 is 16.8 Å². The molecule has 4 nitrogen and oxygen atoms in total. The van der Waals surface area contributed by atoms with E-state index in [1.54, 1.807) is 12.4 Å². The highest BCUT2D eigenvalue weighted by Crippen LogP contribution is 2.25. The number of fused-ring (bicyclic) bond motifs is 1. The monoisotopic (exact) mass is 331 g/mol. The number of amides is 1. The van der Waals surface area contributed by atoms with E-state index in [4.69, 9.17) is 4.98 Å². The topological polar surface area (TPSA) is 54.9 Å². The van der Waals surface area contributed by atoms with Crippen LogP contribution in [0.25, 0.3) is 22.2 Å². The fourth-order valence-corrected chi connectivity index (χ4v) is 3.54. The molecular weight excluding hydrogens is 310 g/mol. The van der Waals surface area contributed by atoms with Crippen LogP contribution in [0.4, 0.5) is 0 Å². The summed E-state index contributed by atoms with van der Waals surface area (Å²) in [6.45, 7) is 0. The Morgan fingerprint density at radius 3 is 2.56 bits per heavy atom. The summed E-state index contributed by atoms with van der Waals surface area (Å²) in [6.07, 6.45) is 9.31. The molecule has 2 aromatic heterocycles. The number of aromatic nitrogens is 2. The number of benzene rings is 1. The van der Waals surface area contributed by atoms with Crippen molar-refractivity contribution in [1.29, 1.82) is 0 Å². The van der Waals surface area contributed by atoms with Gasteiger partial charge in [-0.15, -0.1) is 0 Å². The van der Waals surface area contributed by atoms with Crippen molar-refractivity contribution in [3.63, 3.8) is 0 Å². The zero-order valence-corrected chi connectivity index (χ0v) is 14.1. The molecule has 126 valence electrons. The zero-order chi connectivity index (χ0) is 17.1. The van der Waals surface area contributed by atoms with E-state index in [0.29, 0.717) is 5.56 Å². The third-order valence-electron chi connectivity index (χ3n) is 4.88. The molecule has 0 radical (unpaired) electrons. The first-order valence-corrected chi connectivity index (χ1v) is 8.92. The molecule has 3 aromatic rings. The lowest BCUT2D eigenvalue weighted by molar-refractivity contribution is 0.0929. The fraction of sp³-hybridized carbons (Fsp3) is 0.286. The molecule has 4 rings (SSSR count). The summed E-state index contributed by atoms with van der Waals surface area (Å²) in [5, 5.41) is 4.12. The Balaban J connectivity index is 1.74. The first kappa shape index (κ1) is 15.8. The maximum atomic E-state index is 13.0. The van der Waals surface area contributed by atoms with Gasteiger partial charge in [0.2, 0.25) is 0 Å². The average molecular weight is 331 g/mol. The number of carbonyl (C=O) groups excluding carboxylic acids is 1. The van der Waals surface area contributed by atoms with Crippen molar-refractivity contribution in [2.75, 3.05) is 0 Å². The molecule has 1 aliphatic rings. The Labute approximate surface area is 147 Å². The van der Waals surface area contributed by atoms with Crippen LogP contribution >= 0.6 is 0 Å². The van der Waals surface area contributed by atoms with Gasteiger partial charge in [-0.05, 0) is 37.1 Å². The third-order valence-corrected chi connectivity index (χ3v) is 4.88. The van der Waals surface area contributed by atoms with Gasteiger partial charge in [-0.1, -0.05) is 37.5 Å². The predicted molar refractivity (Wildman–Crippen MR) is 99.3 cm³/mol. The van der Waals surface area contributed by atoms with Crippen LogP contribution in [0.15, 0.2) is 54.9 Å². The van der Waals surface area contributed by atoms with Gasteiger partial charge in [-0.25, -0.2) is 4.98 Å². The summed E-state index contributed by atoms with van der Waals surface area (Å²) >= 11 is 0. The van der Waals surface area contributed by atoms with Gasteiger partial charge in [0.1, 0.15) is 0 Å². The summed E-state index contributed by atoms with van der Waals surface area (Å²) < 4.78 is 0. The smallest absolute Gasteiger partial charge is 0.252 e. The minimum absolute atomic E-state index is 0.000746. The number of carbonyl (C=O) groups is 1. The molecule has 1 N–H and O–H groups in total. The maximum Gasteiger partial charge on any atom is 0.252 e. The van der Waals surface area contributed by atoms with E-state index < -0.39 is 0 Å². The van der Waals surface area contributed by atoms with E-state index in [1.165, 1.54) is 19.3 Å². The number of nitrogens with zero attached hydrogens (tertiary/aromatic N) is 2. The Bertz CT molecular complexity index is 886. The molecular formula is C21H21N3O. The number of rotatable bonds is 3. The van der Waals surface area contributed by atoms with Crippen LogP contribution in [0.3, 0.4) is 0 Å². The van der Waals surface area contributed by atoms with E-state index in [1.807, 2.05) is 42.5 Å². The van der Waals surface area contributed by atoms with Gasteiger partial charge >= 0.3 is 0 Å². The largest absolute Gasteiger partial charge is 0.349 e. The molecule has 0 saturated heterocycles. The lowest BCUT2D eigenvalue weighted by Crippen LogP contribution is -2.36. The first-order chi connectivity index (χ1) is 12.3. The van der Waals surface area contributed by atoms with Crippen LogP contribution in [0.2, 0.25) is 0 Å². The Morgan fingerprint density at radius 2 is 1.76 bits per heavy atom. The SMILES string of the molecule is O=C(NC1CCCCC1)c1cc(-c2ccncc2)nc2ccccc12. The van der Waals surface area contributed by atoms with E-state index in [0.717, 1.165) is 35.0 Å². The lowest BCUT2D eigenvalue weighted by Gasteiger charge is -2.23. The summed E-state index contributed by atoms with van der Waals surface area (Å²) in [6, 6.07) is 13.8. The molecule has 1 fully saturated rings. The van der Waals surface area contributed by atoms with Crippen molar-refractivity contribution in [3.05, 3.63) is 60.4 Å². The van der Waals surface area contributed by atoms with Gasteiger partial charge in [0.15, 0.2) is 0 Å². The second-order valence-corrected chi connectivity index (χ2v) is 6.62. The third kappa shape index (κ3) is 3.38. The van der Waals surface area contributed by atoms with E-state index in [-0.39, 0.29) is 11.9 Å². The standard InChI is InChI=1S/C21H21N3O/c25-21(23-16-6-2-1-3-7-16)18-14-20(15-10-12-22-13-11-15)24-19-9-5-4-8-17(18)19/h4-5,8-14,16H,1-3,6-7H2,(H,23,25). The molecule has 0 atom stereocenters. The van der Waals surface area contributed by atoms with Gasteiger partial charge in [-0.3, -0.25) is 9.78 Å². The Morgan fingerprint density at radius 1 is 1.00 bits per heavy atom. The molecule has 0 bridgehead atoms. The Kier molecular flexibility index (Phi) is 4.42. The summed E-state index contributed by atoms with van der Waals surface area (Å²) in [5.74, 6) is 0.000746. The van der Waals surface area contributed by atoms with Crippen molar-refractivity contribution in [1.82, 2.24) is 15.3 Å². The molecule has 1 aliphatic carbocycles. The second kappa shape index (κ2) is 7.01. The van der Waals surface area contributed by atoms with Gasteiger partial charge in [0, 0.05) is 29.4 Å². The van der Waals surface area contributed by atoms with E-state index >= 15 is 0 Å². The molecule has 1 aromatic carbocycles. The minimum Gasteiger partial charge on any atom is -0.349 e. The summed E-state index contributed by atoms with van der Waals surface area (Å²) in [4.78, 5) is 21.7. The van der Waals surface area contributed by atoms with Gasteiger partial charge < -0.3 is 5.32 Å². The van der Waals surface area contributed by atoms with Crippen LogP contribution < -0.4 is 5.32 Å². The normalized spacial score (nSPS) is 15.2. The molecule has 2 heterocycles. The molecule has 1 saturated carbocycles. The van der Waals surface area contributed by atoms with E-state index in [9.17, 15) is 4.79 Å². The van der Waals surface area contributed by atoms with Crippen molar-refractivity contribution in [2.45, 2.75) is 38.1 Å². The quantitative estimate of drug-likeness (QED) is 0.776. The predicted octanol–water partition coefficient (Wildman–Crippen LogP) is 4.36. The lowest BCUT2D eigenvalue weighted by atomic mass is 9.95.